The standard InChI is InChI=1S/C10H13NO/c1-7-5-8-3-2-4-9(6-11)10(8)12-7/h2-4,7H,5-6,11H2,1H3/t7-/m0/s1. The van der Waals surface area contributed by atoms with Crippen LogP contribution in [0.15, 0.2) is 18.2 Å². The Labute approximate surface area is 72.3 Å². The van der Waals surface area contributed by atoms with Crippen LogP contribution in [0.1, 0.15) is 18.1 Å². The second kappa shape index (κ2) is 2.79. The maximum Gasteiger partial charge on any atom is 0.127 e. The fourth-order valence-electron chi connectivity index (χ4n) is 1.66. The topological polar surface area (TPSA) is 35.2 Å². The van der Waals surface area contributed by atoms with Crippen molar-refractivity contribution in [3.63, 3.8) is 0 Å². The number of benzene rings is 1. The van der Waals surface area contributed by atoms with E-state index in [9.17, 15) is 0 Å². The minimum absolute atomic E-state index is 0.313. The van der Waals surface area contributed by atoms with Crippen molar-refractivity contribution in [3.8, 4) is 5.75 Å². The van der Waals surface area contributed by atoms with Crippen molar-refractivity contribution in [3.05, 3.63) is 29.3 Å². The van der Waals surface area contributed by atoms with Gasteiger partial charge in [0.1, 0.15) is 11.9 Å². The molecule has 1 aromatic carbocycles. The zero-order valence-corrected chi connectivity index (χ0v) is 7.21. The van der Waals surface area contributed by atoms with E-state index in [-0.39, 0.29) is 0 Å². The fourth-order valence-corrected chi connectivity index (χ4v) is 1.66. The van der Waals surface area contributed by atoms with E-state index in [1.54, 1.807) is 0 Å². The van der Waals surface area contributed by atoms with Crippen LogP contribution in [0.25, 0.3) is 0 Å². The molecule has 1 heterocycles. The van der Waals surface area contributed by atoms with Crippen LogP contribution in [-0.2, 0) is 13.0 Å². The summed E-state index contributed by atoms with van der Waals surface area (Å²) in [7, 11) is 0. The smallest absolute Gasteiger partial charge is 0.127 e. The van der Waals surface area contributed by atoms with Gasteiger partial charge in [-0.05, 0) is 12.5 Å². The molecule has 2 rings (SSSR count). The van der Waals surface area contributed by atoms with Gasteiger partial charge in [0.2, 0.25) is 0 Å². The van der Waals surface area contributed by atoms with E-state index < -0.39 is 0 Å². The summed E-state index contributed by atoms with van der Waals surface area (Å²) in [5, 5.41) is 0. The second-order valence-electron chi connectivity index (χ2n) is 3.24. The molecule has 1 aliphatic heterocycles. The molecule has 0 amide bonds. The molecule has 0 aromatic heterocycles. The van der Waals surface area contributed by atoms with Crippen molar-refractivity contribution in [1.82, 2.24) is 0 Å². The first kappa shape index (κ1) is 7.62. The Morgan fingerprint density at radius 2 is 2.42 bits per heavy atom. The van der Waals surface area contributed by atoms with Gasteiger partial charge < -0.3 is 10.5 Å². The third-order valence-electron chi connectivity index (χ3n) is 2.22. The van der Waals surface area contributed by atoms with E-state index in [4.69, 9.17) is 10.5 Å². The first-order valence-electron chi connectivity index (χ1n) is 4.28. The average molecular weight is 163 g/mol. The summed E-state index contributed by atoms with van der Waals surface area (Å²) < 4.78 is 5.65. The molecule has 2 nitrogen and oxygen atoms in total. The number of nitrogens with two attached hydrogens (primary N) is 1. The normalized spacial score (nSPS) is 20.3. The molecule has 0 unspecified atom stereocenters. The lowest BCUT2D eigenvalue weighted by Crippen LogP contribution is -2.06. The van der Waals surface area contributed by atoms with Gasteiger partial charge in [-0.2, -0.15) is 0 Å². The highest BCUT2D eigenvalue weighted by Gasteiger charge is 2.20. The van der Waals surface area contributed by atoms with E-state index in [0.717, 1.165) is 17.7 Å². The maximum atomic E-state index is 5.65. The molecule has 64 valence electrons. The molecule has 2 N–H and O–H groups in total. The second-order valence-corrected chi connectivity index (χ2v) is 3.24. The van der Waals surface area contributed by atoms with Gasteiger partial charge in [-0.25, -0.2) is 0 Å². The lowest BCUT2D eigenvalue weighted by Gasteiger charge is -2.06. The van der Waals surface area contributed by atoms with Crippen LogP contribution >= 0.6 is 0 Å². The number of hydrogen-bond donors (Lipinski definition) is 1. The van der Waals surface area contributed by atoms with Crippen molar-refractivity contribution < 1.29 is 4.74 Å². The quantitative estimate of drug-likeness (QED) is 0.680. The third-order valence-corrected chi connectivity index (χ3v) is 2.22. The molecule has 0 saturated carbocycles. The highest BCUT2D eigenvalue weighted by molar-refractivity contribution is 5.44. The molecule has 1 aliphatic rings. The highest BCUT2D eigenvalue weighted by Crippen LogP contribution is 2.31. The number of fused-ring (bicyclic) bond motifs is 1. The zero-order chi connectivity index (χ0) is 8.55. The number of ether oxygens (including phenoxy) is 1. The summed E-state index contributed by atoms with van der Waals surface area (Å²) >= 11 is 0. The Bertz CT molecular complexity index is 296. The summed E-state index contributed by atoms with van der Waals surface area (Å²) in [6, 6.07) is 6.18. The maximum absolute atomic E-state index is 5.65. The third kappa shape index (κ3) is 1.08. The van der Waals surface area contributed by atoms with Gasteiger partial charge in [-0.3, -0.25) is 0 Å². The lowest BCUT2D eigenvalue weighted by atomic mass is 10.1. The molecule has 0 saturated heterocycles. The van der Waals surface area contributed by atoms with Crippen molar-refractivity contribution in [2.45, 2.75) is 26.0 Å². The molecule has 1 atom stereocenters. The van der Waals surface area contributed by atoms with E-state index in [0.29, 0.717) is 12.6 Å². The van der Waals surface area contributed by atoms with Gasteiger partial charge in [0, 0.05) is 18.5 Å². The largest absolute Gasteiger partial charge is 0.490 e. The first-order valence-corrected chi connectivity index (χ1v) is 4.28. The summed E-state index contributed by atoms with van der Waals surface area (Å²) in [4.78, 5) is 0. The molecule has 0 radical (unpaired) electrons. The Hall–Kier alpha value is -1.02. The molecule has 0 spiro atoms. The van der Waals surface area contributed by atoms with E-state index >= 15 is 0 Å². The van der Waals surface area contributed by atoms with Crippen molar-refractivity contribution in [2.75, 3.05) is 0 Å². The summed E-state index contributed by atoms with van der Waals surface area (Å²) in [5.74, 6) is 1.02. The average Bonchev–Trinajstić information content (AvgIpc) is 2.44. The van der Waals surface area contributed by atoms with Crippen molar-refractivity contribution >= 4 is 0 Å². The Kier molecular flexibility index (Phi) is 1.77. The van der Waals surface area contributed by atoms with Crippen molar-refractivity contribution in [2.24, 2.45) is 5.73 Å². The minimum Gasteiger partial charge on any atom is -0.490 e. The van der Waals surface area contributed by atoms with Gasteiger partial charge in [0.15, 0.2) is 0 Å². The van der Waals surface area contributed by atoms with E-state index in [2.05, 4.69) is 13.0 Å². The van der Waals surface area contributed by atoms with Gasteiger partial charge >= 0.3 is 0 Å². The number of hydrogen-bond acceptors (Lipinski definition) is 2. The zero-order valence-electron chi connectivity index (χ0n) is 7.21. The molecular formula is C10H13NO. The molecule has 0 fully saturated rings. The van der Waals surface area contributed by atoms with Gasteiger partial charge in [-0.15, -0.1) is 0 Å². The summed E-state index contributed by atoms with van der Waals surface area (Å²) in [6.07, 6.45) is 1.33. The Morgan fingerprint density at radius 3 is 3.17 bits per heavy atom. The predicted molar refractivity (Wildman–Crippen MR) is 48.1 cm³/mol. The molecule has 0 bridgehead atoms. The fraction of sp³-hybridized carbons (Fsp3) is 0.400. The van der Waals surface area contributed by atoms with Crippen LogP contribution in [0.2, 0.25) is 0 Å². The monoisotopic (exact) mass is 163 g/mol. The molecular weight excluding hydrogens is 150 g/mol. The van der Waals surface area contributed by atoms with E-state index in [1.165, 1.54) is 5.56 Å². The summed E-state index contributed by atoms with van der Waals surface area (Å²) in [5.41, 5.74) is 8.01. The SMILES string of the molecule is C[C@H]1Cc2cccc(CN)c2O1. The number of rotatable bonds is 1. The van der Waals surface area contributed by atoms with Crippen molar-refractivity contribution in [1.29, 1.82) is 0 Å². The van der Waals surface area contributed by atoms with Gasteiger partial charge in [0.25, 0.3) is 0 Å². The van der Waals surface area contributed by atoms with Crippen LogP contribution in [0.3, 0.4) is 0 Å². The Balaban J connectivity index is 2.44. The lowest BCUT2D eigenvalue weighted by molar-refractivity contribution is 0.252. The van der Waals surface area contributed by atoms with Crippen LogP contribution in [0.5, 0.6) is 5.75 Å². The highest BCUT2D eigenvalue weighted by atomic mass is 16.5. The number of para-hydroxylation sites is 1. The molecule has 2 heteroatoms. The Morgan fingerprint density at radius 1 is 1.58 bits per heavy atom. The minimum atomic E-state index is 0.313. The van der Waals surface area contributed by atoms with Gasteiger partial charge in [-0.1, -0.05) is 18.2 Å². The van der Waals surface area contributed by atoms with Crippen LogP contribution in [0.4, 0.5) is 0 Å². The molecule has 1 aromatic rings. The van der Waals surface area contributed by atoms with E-state index in [1.807, 2.05) is 12.1 Å². The molecule has 12 heavy (non-hydrogen) atoms. The van der Waals surface area contributed by atoms with Crippen LogP contribution in [0, 0.1) is 0 Å². The van der Waals surface area contributed by atoms with Crippen LogP contribution < -0.4 is 10.5 Å². The van der Waals surface area contributed by atoms with Crippen LogP contribution in [-0.4, -0.2) is 6.10 Å². The predicted octanol–water partition coefficient (Wildman–Crippen LogP) is 1.47. The van der Waals surface area contributed by atoms with Gasteiger partial charge in [0.05, 0.1) is 0 Å². The first-order chi connectivity index (χ1) is 5.81. The molecule has 0 aliphatic carbocycles. The summed E-state index contributed by atoms with van der Waals surface area (Å²) in [6.45, 7) is 2.65.